The number of hydrogen-bond donors (Lipinski definition) is 1. The molecule has 0 unspecified atom stereocenters. The molecule has 148 valence electrons. The number of aliphatic hydroxyl groups is 1. The van der Waals surface area contributed by atoms with Crippen molar-refractivity contribution in [3.8, 4) is 0 Å². The Labute approximate surface area is 163 Å². The monoisotopic (exact) mass is 383 g/mol. The largest absolute Gasteiger partial charge is 0.393 e. The smallest absolute Gasteiger partial charge is 0.254 e. The summed E-state index contributed by atoms with van der Waals surface area (Å²) in [5, 5.41) is 14.5. The average molecular weight is 383 g/mol. The molecule has 7 heteroatoms. The van der Waals surface area contributed by atoms with E-state index in [9.17, 15) is 14.7 Å². The first-order valence-corrected chi connectivity index (χ1v) is 10.1. The van der Waals surface area contributed by atoms with Crippen molar-refractivity contribution in [2.75, 3.05) is 19.6 Å². The van der Waals surface area contributed by atoms with E-state index in [4.69, 9.17) is 4.52 Å². The molecule has 2 heterocycles. The molecule has 0 radical (unpaired) electrons. The first-order valence-electron chi connectivity index (χ1n) is 10.1. The second-order valence-electron chi connectivity index (χ2n) is 8.58. The fraction of sp³-hybridized carbons (Fsp3) is 0.571. The molecule has 3 aliphatic rings. The van der Waals surface area contributed by atoms with Crippen molar-refractivity contribution < 1.29 is 19.2 Å². The number of hydrogen-bond acceptors (Lipinski definition) is 5. The third-order valence-corrected chi connectivity index (χ3v) is 6.96. The molecule has 1 saturated heterocycles. The van der Waals surface area contributed by atoms with Crippen LogP contribution in [0.2, 0.25) is 0 Å². The molecule has 1 aliphatic heterocycles. The van der Waals surface area contributed by atoms with Gasteiger partial charge in [0.25, 0.3) is 5.91 Å². The van der Waals surface area contributed by atoms with Crippen LogP contribution in [-0.2, 0) is 4.79 Å². The van der Waals surface area contributed by atoms with E-state index in [2.05, 4.69) is 5.16 Å². The molecular formula is C21H25N3O4. The molecule has 1 aromatic carbocycles. The van der Waals surface area contributed by atoms with Crippen molar-refractivity contribution in [2.24, 2.45) is 17.8 Å². The van der Waals surface area contributed by atoms with Crippen LogP contribution in [0.1, 0.15) is 36.5 Å². The molecule has 2 amide bonds. The highest BCUT2D eigenvalue weighted by atomic mass is 16.5. The van der Waals surface area contributed by atoms with Crippen molar-refractivity contribution in [3.63, 3.8) is 0 Å². The number of fused-ring (bicyclic) bond motifs is 3. The van der Waals surface area contributed by atoms with E-state index in [1.54, 1.807) is 24.4 Å². The van der Waals surface area contributed by atoms with Crippen LogP contribution in [0.25, 0.3) is 11.0 Å². The summed E-state index contributed by atoms with van der Waals surface area (Å²) in [4.78, 5) is 29.9. The van der Waals surface area contributed by atoms with Gasteiger partial charge in [-0.3, -0.25) is 9.59 Å². The van der Waals surface area contributed by atoms with Crippen LogP contribution in [0.4, 0.5) is 0 Å². The van der Waals surface area contributed by atoms with Crippen LogP contribution in [0.3, 0.4) is 0 Å². The van der Waals surface area contributed by atoms with Gasteiger partial charge in [-0.2, -0.15) is 0 Å². The summed E-state index contributed by atoms with van der Waals surface area (Å²) in [5.74, 6) is 0.825. The third-order valence-electron chi connectivity index (χ3n) is 6.96. The van der Waals surface area contributed by atoms with Gasteiger partial charge in [0.15, 0.2) is 5.58 Å². The lowest BCUT2D eigenvalue weighted by Crippen LogP contribution is -2.57. The number of aliphatic hydroxyl groups excluding tert-OH is 1. The molecule has 1 aromatic heterocycles. The van der Waals surface area contributed by atoms with Gasteiger partial charge in [-0.25, -0.2) is 0 Å². The van der Waals surface area contributed by atoms with E-state index in [0.29, 0.717) is 42.6 Å². The van der Waals surface area contributed by atoms with Gasteiger partial charge >= 0.3 is 0 Å². The normalized spacial score (nSPS) is 32.3. The summed E-state index contributed by atoms with van der Waals surface area (Å²) in [7, 11) is 0. The molecule has 3 fully saturated rings. The van der Waals surface area contributed by atoms with Crippen molar-refractivity contribution in [1.82, 2.24) is 15.0 Å². The minimum atomic E-state index is -0.221. The van der Waals surface area contributed by atoms with Crippen LogP contribution < -0.4 is 0 Å². The Kier molecular flexibility index (Phi) is 4.16. The molecule has 2 aromatic rings. The maximum atomic E-state index is 13.1. The van der Waals surface area contributed by atoms with Crippen molar-refractivity contribution in [2.45, 2.75) is 38.3 Å². The number of nitrogens with zero attached hydrogens (tertiary/aromatic N) is 3. The first kappa shape index (κ1) is 17.7. The van der Waals surface area contributed by atoms with Crippen molar-refractivity contribution in [1.29, 1.82) is 0 Å². The number of benzene rings is 1. The zero-order chi connectivity index (χ0) is 19.4. The predicted molar refractivity (Wildman–Crippen MR) is 101 cm³/mol. The molecular weight excluding hydrogens is 358 g/mol. The van der Waals surface area contributed by atoms with Gasteiger partial charge in [0.05, 0.1) is 23.3 Å². The van der Waals surface area contributed by atoms with Gasteiger partial charge in [-0.1, -0.05) is 11.2 Å². The van der Waals surface area contributed by atoms with Crippen LogP contribution in [-0.4, -0.2) is 63.7 Å². The maximum Gasteiger partial charge on any atom is 0.254 e. The van der Waals surface area contributed by atoms with Gasteiger partial charge in [-0.15, -0.1) is 0 Å². The minimum Gasteiger partial charge on any atom is -0.393 e. The fourth-order valence-electron chi connectivity index (χ4n) is 5.48. The third kappa shape index (κ3) is 2.71. The van der Waals surface area contributed by atoms with Gasteiger partial charge in [0, 0.05) is 31.6 Å². The van der Waals surface area contributed by atoms with Crippen LogP contribution >= 0.6 is 0 Å². The quantitative estimate of drug-likeness (QED) is 0.856. The second kappa shape index (κ2) is 6.58. The summed E-state index contributed by atoms with van der Waals surface area (Å²) in [6.45, 7) is 3.62. The summed E-state index contributed by atoms with van der Waals surface area (Å²) in [6, 6.07) is 5.37. The van der Waals surface area contributed by atoms with E-state index < -0.39 is 0 Å². The first-order chi connectivity index (χ1) is 13.5. The Balaban J connectivity index is 1.28. The lowest BCUT2D eigenvalue weighted by Gasteiger charge is -2.42. The molecule has 7 nitrogen and oxygen atoms in total. The Bertz CT molecular complexity index is 923. The standard InChI is InChI=1S/C21H25N3O4/c1-12-11-23(20(26)15-3-2-4-19-17(15)10-22-28-19)5-6-24(12)21(27)16-8-14-7-13(16)9-18(14)25/h2-4,10,12-14,16,18,25H,5-9,11H2,1H3/t12-,13+,14+,16+,18+/m0/s1. The van der Waals surface area contributed by atoms with Crippen molar-refractivity contribution in [3.05, 3.63) is 30.0 Å². The highest BCUT2D eigenvalue weighted by Crippen LogP contribution is 2.49. The zero-order valence-corrected chi connectivity index (χ0v) is 16.0. The number of carbonyl (C=O) groups excluding carboxylic acids is 2. The Morgan fingerprint density at radius 2 is 2.04 bits per heavy atom. The molecule has 0 spiro atoms. The summed E-state index contributed by atoms with van der Waals surface area (Å²) < 4.78 is 5.16. The molecule has 1 N–H and O–H groups in total. The number of aromatic nitrogens is 1. The molecule has 2 saturated carbocycles. The summed E-state index contributed by atoms with van der Waals surface area (Å²) >= 11 is 0. The highest BCUT2D eigenvalue weighted by molar-refractivity contribution is 6.05. The molecule has 5 atom stereocenters. The topological polar surface area (TPSA) is 86.9 Å². The zero-order valence-electron chi connectivity index (χ0n) is 16.0. The summed E-state index contributed by atoms with van der Waals surface area (Å²) in [6.07, 6.45) is 3.91. The number of amides is 2. The second-order valence-corrected chi connectivity index (χ2v) is 8.58. The van der Waals surface area contributed by atoms with E-state index in [1.165, 1.54) is 0 Å². The Hall–Kier alpha value is -2.41. The van der Waals surface area contributed by atoms with E-state index in [1.807, 2.05) is 16.7 Å². The van der Waals surface area contributed by atoms with Gasteiger partial charge < -0.3 is 19.4 Å². The van der Waals surface area contributed by atoms with E-state index in [0.717, 1.165) is 24.6 Å². The number of carbonyl (C=O) groups is 2. The van der Waals surface area contributed by atoms with Gasteiger partial charge in [0.1, 0.15) is 0 Å². The average Bonchev–Trinajstić information content (AvgIpc) is 3.41. The number of piperazine rings is 1. The van der Waals surface area contributed by atoms with Crippen LogP contribution in [0.15, 0.2) is 28.9 Å². The Morgan fingerprint density at radius 3 is 2.75 bits per heavy atom. The predicted octanol–water partition coefficient (Wildman–Crippen LogP) is 1.91. The van der Waals surface area contributed by atoms with Crippen LogP contribution in [0, 0.1) is 17.8 Å². The molecule has 2 aliphatic carbocycles. The highest BCUT2D eigenvalue weighted by Gasteiger charge is 2.49. The fourth-order valence-corrected chi connectivity index (χ4v) is 5.48. The van der Waals surface area contributed by atoms with Crippen LogP contribution in [0.5, 0.6) is 0 Å². The lowest BCUT2D eigenvalue weighted by atomic mass is 9.86. The van der Waals surface area contributed by atoms with Gasteiger partial charge in [0.2, 0.25) is 5.91 Å². The SMILES string of the molecule is C[C@H]1CN(C(=O)c2cccc3oncc23)CCN1C(=O)[C@@H]1C[C@H]2C[C@@H]1C[C@H]2O. The summed E-state index contributed by atoms with van der Waals surface area (Å²) in [5.41, 5.74) is 1.19. The Morgan fingerprint density at radius 1 is 1.18 bits per heavy atom. The molecule has 5 rings (SSSR count). The molecule has 2 bridgehead atoms. The maximum absolute atomic E-state index is 13.1. The van der Waals surface area contributed by atoms with E-state index >= 15 is 0 Å². The number of rotatable bonds is 2. The van der Waals surface area contributed by atoms with Gasteiger partial charge in [-0.05, 0) is 50.2 Å². The van der Waals surface area contributed by atoms with Crippen molar-refractivity contribution >= 4 is 22.8 Å². The minimum absolute atomic E-state index is 0.0177. The van der Waals surface area contributed by atoms with E-state index in [-0.39, 0.29) is 29.9 Å². The lowest BCUT2D eigenvalue weighted by molar-refractivity contribution is -0.142. The molecule has 28 heavy (non-hydrogen) atoms.